The van der Waals surface area contributed by atoms with Gasteiger partial charge in [0.25, 0.3) is 11.5 Å². The summed E-state index contributed by atoms with van der Waals surface area (Å²) in [5.74, 6) is -0.222. The van der Waals surface area contributed by atoms with Crippen LogP contribution in [0.15, 0.2) is 17.1 Å². The summed E-state index contributed by atoms with van der Waals surface area (Å²) < 4.78 is 1.27. The van der Waals surface area contributed by atoms with E-state index < -0.39 is 0 Å². The molecule has 2 aromatic rings. The summed E-state index contributed by atoms with van der Waals surface area (Å²) in [6, 6.07) is 1.42. The Morgan fingerprint density at radius 2 is 2.25 bits per heavy atom. The molecule has 0 bridgehead atoms. The van der Waals surface area contributed by atoms with Gasteiger partial charge < -0.3 is 10.2 Å². The first kappa shape index (κ1) is 14.3. The van der Waals surface area contributed by atoms with E-state index in [2.05, 4.69) is 20.3 Å². The summed E-state index contributed by atoms with van der Waals surface area (Å²) in [7, 11) is 3.97. The van der Waals surface area contributed by atoms with Crippen LogP contribution in [0.2, 0.25) is 0 Å². The number of hydrogen-bond donors (Lipinski definition) is 2. The molecule has 2 aromatic heterocycles. The molecule has 0 aliphatic rings. The predicted molar refractivity (Wildman–Crippen MR) is 76.1 cm³/mol. The Kier molecular flexibility index (Phi) is 4.19. The predicted octanol–water partition coefficient (Wildman–Crippen LogP) is 0.0125. The fourth-order valence-electron chi connectivity index (χ4n) is 1.96. The third kappa shape index (κ3) is 3.05. The zero-order chi connectivity index (χ0) is 14.7. The van der Waals surface area contributed by atoms with Gasteiger partial charge in [0.1, 0.15) is 5.56 Å². The third-order valence-corrected chi connectivity index (χ3v) is 2.94. The van der Waals surface area contributed by atoms with Crippen LogP contribution in [0.3, 0.4) is 0 Å². The van der Waals surface area contributed by atoms with Crippen molar-refractivity contribution in [3.8, 4) is 0 Å². The molecule has 0 aliphatic heterocycles. The maximum atomic E-state index is 12.1. The van der Waals surface area contributed by atoms with E-state index in [1.165, 1.54) is 16.8 Å². The van der Waals surface area contributed by atoms with E-state index in [1.54, 1.807) is 6.92 Å². The molecule has 0 radical (unpaired) electrons. The van der Waals surface area contributed by atoms with E-state index >= 15 is 0 Å². The van der Waals surface area contributed by atoms with Crippen molar-refractivity contribution in [2.45, 2.75) is 13.3 Å². The van der Waals surface area contributed by atoms with Crippen LogP contribution in [0.4, 0.5) is 0 Å². The van der Waals surface area contributed by atoms with E-state index in [4.69, 9.17) is 0 Å². The van der Waals surface area contributed by atoms with Gasteiger partial charge in [-0.2, -0.15) is 0 Å². The average molecular weight is 277 g/mol. The van der Waals surface area contributed by atoms with Gasteiger partial charge in [0.2, 0.25) is 0 Å². The van der Waals surface area contributed by atoms with E-state index in [9.17, 15) is 9.59 Å². The molecule has 0 fully saturated rings. The summed E-state index contributed by atoms with van der Waals surface area (Å²) >= 11 is 0. The van der Waals surface area contributed by atoms with E-state index in [0.717, 1.165) is 13.0 Å². The van der Waals surface area contributed by atoms with Gasteiger partial charge >= 0.3 is 0 Å². The Balaban J connectivity index is 2.13. The standard InChI is InChI=1S/C13H19N5O2/c1-9-7-11(19)18-12(16-9)10(8-15-18)13(20)14-5-4-6-17(2)3/h7-8,15H,4-6H2,1-3H3,(H,14,20). The van der Waals surface area contributed by atoms with Gasteiger partial charge in [-0.3, -0.25) is 14.7 Å². The number of fused-ring (bicyclic) bond motifs is 1. The lowest BCUT2D eigenvalue weighted by Crippen LogP contribution is -2.27. The van der Waals surface area contributed by atoms with Crippen molar-refractivity contribution >= 4 is 11.6 Å². The van der Waals surface area contributed by atoms with Crippen molar-refractivity contribution in [3.63, 3.8) is 0 Å². The van der Waals surface area contributed by atoms with Gasteiger partial charge in [-0.1, -0.05) is 0 Å². The molecule has 0 saturated heterocycles. The number of aryl methyl sites for hydroxylation is 1. The minimum Gasteiger partial charge on any atom is -0.352 e. The van der Waals surface area contributed by atoms with Crippen LogP contribution >= 0.6 is 0 Å². The third-order valence-electron chi connectivity index (χ3n) is 2.94. The Labute approximate surface area is 116 Å². The van der Waals surface area contributed by atoms with Crippen LogP contribution in [-0.4, -0.2) is 52.6 Å². The number of rotatable bonds is 5. The average Bonchev–Trinajstić information content (AvgIpc) is 2.78. The first-order valence-corrected chi connectivity index (χ1v) is 6.50. The van der Waals surface area contributed by atoms with Gasteiger partial charge in [0.15, 0.2) is 5.65 Å². The second-order valence-electron chi connectivity index (χ2n) is 4.99. The molecule has 108 valence electrons. The Morgan fingerprint density at radius 1 is 1.50 bits per heavy atom. The van der Waals surface area contributed by atoms with Crippen LogP contribution < -0.4 is 10.9 Å². The summed E-state index contributed by atoms with van der Waals surface area (Å²) in [4.78, 5) is 30.1. The summed E-state index contributed by atoms with van der Waals surface area (Å²) in [5, 5.41) is 5.58. The molecule has 2 rings (SSSR count). The van der Waals surface area contributed by atoms with Crippen molar-refractivity contribution < 1.29 is 4.79 Å². The van der Waals surface area contributed by atoms with E-state index in [0.29, 0.717) is 23.4 Å². The zero-order valence-corrected chi connectivity index (χ0v) is 11.9. The molecular formula is C13H19N5O2. The van der Waals surface area contributed by atoms with Crippen LogP contribution in [0.5, 0.6) is 0 Å². The highest BCUT2D eigenvalue weighted by Crippen LogP contribution is 2.06. The highest BCUT2D eigenvalue weighted by molar-refractivity contribution is 5.99. The second-order valence-corrected chi connectivity index (χ2v) is 4.99. The number of carbonyl (C=O) groups is 1. The minimum absolute atomic E-state index is 0.222. The van der Waals surface area contributed by atoms with Crippen LogP contribution in [0, 0.1) is 6.92 Å². The smallest absolute Gasteiger partial charge is 0.272 e. The highest BCUT2D eigenvalue weighted by atomic mass is 16.2. The number of nitrogens with zero attached hydrogens (tertiary/aromatic N) is 3. The maximum Gasteiger partial charge on any atom is 0.272 e. The molecule has 0 spiro atoms. The lowest BCUT2D eigenvalue weighted by Gasteiger charge is -2.09. The maximum absolute atomic E-state index is 12.1. The normalized spacial score (nSPS) is 11.2. The number of carbonyl (C=O) groups excluding carboxylic acids is 1. The lowest BCUT2D eigenvalue weighted by atomic mass is 10.3. The van der Waals surface area contributed by atoms with Crippen LogP contribution in [0.1, 0.15) is 22.5 Å². The SMILES string of the molecule is Cc1cc(=O)n2[nH]cc(C(=O)NCCCN(C)C)c2n1. The first-order chi connectivity index (χ1) is 9.49. The molecule has 2 heterocycles. The number of aromatic amines is 1. The summed E-state index contributed by atoms with van der Waals surface area (Å²) in [6.45, 7) is 3.22. The molecule has 7 heteroatoms. The van der Waals surface area contributed by atoms with Crippen LogP contribution in [-0.2, 0) is 0 Å². The van der Waals surface area contributed by atoms with Crippen molar-refractivity contribution in [1.29, 1.82) is 0 Å². The van der Waals surface area contributed by atoms with Crippen molar-refractivity contribution in [1.82, 2.24) is 24.8 Å². The highest BCUT2D eigenvalue weighted by Gasteiger charge is 2.14. The second kappa shape index (κ2) is 5.87. The monoisotopic (exact) mass is 277 g/mol. The van der Waals surface area contributed by atoms with Crippen molar-refractivity contribution in [2.75, 3.05) is 27.2 Å². The molecule has 0 atom stereocenters. The fourth-order valence-corrected chi connectivity index (χ4v) is 1.96. The number of nitrogens with one attached hydrogen (secondary N) is 2. The quantitative estimate of drug-likeness (QED) is 0.754. The molecule has 7 nitrogen and oxygen atoms in total. The minimum atomic E-state index is -0.223. The van der Waals surface area contributed by atoms with Gasteiger partial charge in [-0.25, -0.2) is 9.50 Å². The lowest BCUT2D eigenvalue weighted by molar-refractivity contribution is 0.0953. The van der Waals surface area contributed by atoms with Gasteiger partial charge in [-0.15, -0.1) is 0 Å². The number of amides is 1. The van der Waals surface area contributed by atoms with Crippen LogP contribution in [0.25, 0.3) is 5.65 Å². The summed E-state index contributed by atoms with van der Waals surface area (Å²) in [5.41, 5.74) is 1.12. The fraction of sp³-hybridized carbons (Fsp3) is 0.462. The van der Waals surface area contributed by atoms with E-state index in [1.807, 2.05) is 14.1 Å². The molecule has 2 N–H and O–H groups in total. The summed E-state index contributed by atoms with van der Waals surface area (Å²) in [6.07, 6.45) is 2.37. The number of aromatic nitrogens is 3. The van der Waals surface area contributed by atoms with Gasteiger partial charge in [0.05, 0.1) is 0 Å². The van der Waals surface area contributed by atoms with Crippen molar-refractivity contribution in [2.24, 2.45) is 0 Å². The molecule has 0 aromatic carbocycles. The Hall–Kier alpha value is -2.15. The zero-order valence-electron chi connectivity index (χ0n) is 11.9. The molecule has 0 saturated carbocycles. The molecule has 20 heavy (non-hydrogen) atoms. The molecule has 1 amide bonds. The van der Waals surface area contributed by atoms with Gasteiger partial charge in [0, 0.05) is 24.5 Å². The van der Waals surface area contributed by atoms with Crippen molar-refractivity contribution in [3.05, 3.63) is 33.9 Å². The van der Waals surface area contributed by atoms with E-state index in [-0.39, 0.29) is 11.5 Å². The Bertz CT molecular complexity index is 671. The molecule has 0 unspecified atom stereocenters. The Morgan fingerprint density at radius 3 is 2.95 bits per heavy atom. The molecular weight excluding hydrogens is 258 g/mol. The topological polar surface area (TPSA) is 82.5 Å². The first-order valence-electron chi connectivity index (χ1n) is 6.50. The van der Waals surface area contributed by atoms with Gasteiger partial charge in [-0.05, 0) is 34.0 Å². The molecule has 0 aliphatic carbocycles. The number of H-pyrrole nitrogens is 1. The largest absolute Gasteiger partial charge is 0.352 e. The number of hydrogen-bond acceptors (Lipinski definition) is 4.